The Morgan fingerprint density at radius 2 is 2.20 bits per heavy atom. The first kappa shape index (κ1) is 9.40. The molecular formula is C12H18N2O. The number of nitrogens with zero attached hydrogens (tertiary/aromatic N) is 1. The Morgan fingerprint density at radius 3 is 3.00 bits per heavy atom. The molecule has 0 saturated carbocycles. The highest BCUT2D eigenvalue weighted by Gasteiger charge is 2.20. The first-order chi connectivity index (χ1) is 7.42. The van der Waals surface area contributed by atoms with Gasteiger partial charge < -0.3 is 9.72 Å². The molecule has 0 spiro atoms. The molecule has 1 aromatic rings. The highest BCUT2D eigenvalue weighted by Crippen LogP contribution is 2.21. The van der Waals surface area contributed by atoms with Gasteiger partial charge in [0.15, 0.2) is 0 Å². The molecule has 3 rings (SSSR count). The van der Waals surface area contributed by atoms with Gasteiger partial charge in [0.25, 0.3) is 0 Å². The molecule has 1 aromatic heterocycles. The number of H-pyrrole nitrogens is 1. The number of fused-ring (bicyclic) bond motifs is 1. The van der Waals surface area contributed by atoms with Gasteiger partial charge in [0, 0.05) is 18.7 Å². The Balaban J connectivity index is 1.72. The average molecular weight is 206 g/mol. The third kappa shape index (κ3) is 1.93. The maximum Gasteiger partial charge on any atom is 0.109 e. The molecule has 1 N–H and O–H groups in total. The van der Waals surface area contributed by atoms with Gasteiger partial charge in [-0.15, -0.1) is 0 Å². The number of aromatic nitrogens is 2. The van der Waals surface area contributed by atoms with Gasteiger partial charge in [-0.2, -0.15) is 0 Å². The average Bonchev–Trinajstić information content (AvgIpc) is 2.86. The van der Waals surface area contributed by atoms with Crippen LogP contribution in [-0.4, -0.2) is 22.7 Å². The van der Waals surface area contributed by atoms with E-state index in [4.69, 9.17) is 4.74 Å². The minimum atomic E-state index is 0.414. The van der Waals surface area contributed by atoms with Crippen LogP contribution in [0.3, 0.4) is 0 Å². The van der Waals surface area contributed by atoms with Crippen LogP contribution in [0, 0.1) is 0 Å². The number of hydrogen-bond donors (Lipinski definition) is 1. The maximum absolute atomic E-state index is 5.63. The van der Waals surface area contributed by atoms with E-state index in [1.165, 1.54) is 43.5 Å². The minimum absolute atomic E-state index is 0.414. The fourth-order valence-electron chi connectivity index (χ4n) is 2.63. The van der Waals surface area contributed by atoms with Crippen LogP contribution < -0.4 is 0 Å². The largest absolute Gasteiger partial charge is 0.378 e. The van der Waals surface area contributed by atoms with Crippen LogP contribution in [0.2, 0.25) is 0 Å². The summed E-state index contributed by atoms with van der Waals surface area (Å²) in [6, 6.07) is 0. The number of aromatic amines is 1. The van der Waals surface area contributed by atoms with E-state index in [0.717, 1.165) is 25.3 Å². The van der Waals surface area contributed by atoms with E-state index in [2.05, 4.69) is 9.97 Å². The summed E-state index contributed by atoms with van der Waals surface area (Å²) in [5.41, 5.74) is 2.70. The Morgan fingerprint density at radius 1 is 1.27 bits per heavy atom. The standard InChI is InChI=1S/C12H18N2O/c1-2-6-11-10(5-1)13-12(14-11)8-9-4-3-7-15-9/h9H,1-8H2,(H,13,14). The van der Waals surface area contributed by atoms with Gasteiger partial charge in [0.2, 0.25) is 0 Å². The molecule has 1 saturated heterocycles. The lowest BCUT2D eigenvalue weighted by Gasteiger charge is -2.07. The monoisotopic (exact) mass is 206 g/mol. The van der Waals surface area contributed by atoms with E-state index in [1.807, 2.05) is 0 Å². The lowest BCUT2D eigenvalue weighted by Crippen LogP contribution is -2.09. The molecule has 82 valence electrons. The van der Waals surface area contributed by atoms with Gasteiger partial charge >= 0.3 is 0 Å². The molecule has 0 bridgehead atoms. The fraction of sp³-hybridized carbons (Fsp3) is 0.750. The zero-order chi connectivity index (χ0) is 10.1. The summed E-state index contributed by atoms with van der Waals surface area (Å²) in [7, 11) is 0. The lowest BCUT2D eigenvalue weighted by atomic mass is 10.0. The van der Waals surface area contributed by atoms with Crippen molar-refractivity contribution in [2.45, 2.75) is 51.0 Å². The Labute approximate surface area is 90.2 Å². The molecule has 3 heteroatoms. The Hall–Kier alpha value is -0.830. The molecule has 2 heterocycles. The number of aryl methyl sites for hydroxylation is 2. The molecule has 1 fully saturated rings. The quantitative estimate of drug-likeness (QED) is 0.803. The smallest absolute Gasteiger partial charge is 0.109 e. The van der Waals surface area contributed by atoms with E-state index in [9.17, 15) is 0 Å². The summed E-state index contributed by atoms with van der Waals surface area (Å²) in [6.07, 6.45) is 8.78. The number of imidazole rings is 1. The Kier molecular flexibility index (Phi) is 2.49. The molecular weight excluding hydrogens is 188 g/mol. The zero-order valence-electron chi connectivity index (χ0n) is 9.09. The van der Waals surface area contributed by atoms with Gasteiger partial charge in [-0.25, -0.2) is 4.98 Å². The molecule has 2 aliphatic rings. The summed E-state index contributed by atoms with van der Waals surface area (Å²) in [4.78, 5) is 8.15. The predicted molar refractivity (Wildman–Crippen MR) is 57.9 cm³/mol. The molecule has 1 unspecified atom stereocenters. The topological polar surface area (TPSA) is 37.9 Å². The van der Waals surface area contributed by atoms with Crippen molar-refractivity contribution in [1.29, 1.82) is 0 Å². The van der Waals surface area contributed by atoms with E-state index in [0.29, 0.717) is 6.10 Å². The fourth-order valence-corrected chi connectivity index (χ4v) is 2.63. The molecule has 3 nitrogen and oxygen atoms in total. The molecule has 0 radical (unpaired) electrons. The third-order valence-electron chi connectivity index (χ3n) is 3.45. The van der Waals surface area contributed by atoms with Crippen molar-refractivity contribution in [3.05, 3.63) is 17.2 Å². The summed E-state index contributed by atoms with van der Waals surface area (Å²) in [6.45, 7) is 0.936. The van der Waals surface area contributed by atoms with E-state index in [1.54, 1.807) is 0 Å². The van der Waals surface area contributed by atoms with Gasteiger partial charge in [0.05, 0.1) is 11.8 Å². The van der Waals surface area contributed by atoms with Crippen molar-refractivity contribution in [3.63, 3.8) is 0 Å². The van der Waals surface area contributed by atoms with Gasteiger partial charge in [-0.05, 0) is 38.5 Å². The SMILES string of the molecule is C1CCc2[nH]c(CC3CCCO3)nc2C1. The second-order valence-corrected chi connectivity index (χ2v) is 4.66. The van der Waals surface area contributed by atoms with E-state index < -0.39 is 0 Å². The summed E-state index contributed by atoms with van der Waals surface area (Å²) >= 11 is 0. The van der Waals surface area contributed by atoms with Crippen LogP contribution in [-0.2, 0) is 24.0 Å². The highest BCUT2D eigenvalue weighted by molar-refractivity contribution is 5.18. The van der Waals surface area contributed by atoms with Crippen LogP contribution in [0.25, 0.3) is 0 Å². The normalized spacial score (nSPS) is 25.5. The van der Waals surface area contributed by atoms with Gasteiger partial charge in [0.1, 0.15) is 5.82 Å². The van der Waals surface area contributed by atoms with E-state index >= 15 is 0 Å². The minimum Gasteiger partial charge on any atom is -0.378 e. The van der Waals surface area contributed by atoms with Crippen molar-refractivity contribution in [3.8, 4) is 0 Å². The van der Waals surface area contributed by atoms with Crippen molar-refractivity contribution < 1.29 is 4.74 Å². The number of rotatable bonds is 2. The van der Waals surface area contributed by atoms with Gasteiger partial charge in [-0.1, -0.05) is 0 Å². The highest BCUT2D eigenvalue weighted by atomic mass is 16.5. The van der Waals surface area contributed by atoms with Crippen molar-refractivity contribution >= 4 is 0 Å². The van der Waals surface area contributed by atoms with Crippen molar-refractivity contribution in [2.75, 3.05) is 6.61 Å². The molecule has 15 heavy (non-hydrogen) atoms. The predicted octanol–water partition coefficient (Wildman–Crippen LogP) is 2.01. The third-order valence-corrected chi connectivity index (χ3v) is 3.45. The Bertz CT molecular complexity index is 316. The first-order valence-corrected chi connectivity index (χ1v) is 6.10. The molecule has 1 atom stereocenters. The second-order valence-electron chi connectivity index (χ2n) is 4.66. The van der Waals surface area contributed by atoms with Gasteiger partial charge in [-0.3, -0.25) is 0 Å². The van der Waals surface area contributed by atoms with Crippen LogP contribution in [0.5, 0.6) is 0 Å². The van der Waals surface area contributed by atoms with Crippen molar-refractivity contribution in [1.82, 2.24) is 9.97 Å². The molecule has 1 aliphatic carbocycles. The summed E-state index contributed by atoms with van der Waals surface area (Å²) in [5.74, 6) is 1.15. The molecule has 1 aliphatic heterocycles. The second kappa shape index (κ2) is 3.97. The van der Waals surface area contributed by atoms with E-state index in [-0.39, 0.29) is 0 Å². The summed E-state index contributed by atoms with van der Waals surface area (Å²) in [5, 5.41) is 0. The maximum atomic E-state index is 5.63. The van der Waals surface area contributed by atoms with Crippen LogP contribution in [0.15, 0.2) is 0 Å². The molecule has 0 amide bonds. The lowest BCUT2D eigenvalue weighted by molar-refractivity contribution is 0.110. The number of nitrogens with one attached hydrogen (secondary N) is 1. The number of ether oxygens (including phenoxy) is 1. The van der Waals surface area contributed by atoms with Crippen LogP contribution in [0.4, 0.5) is 0 Å². The van der Waals surface area contributed by atoms with Crippen LogP contribution >= 0.6 is 0 Å². The molecule has 0 aromatic carbocycles. The zero-order valence-corrected chi connectivity index (χ0v) is 9.09. The number of hydrogen-bond acceptors (Lipinski definition) is 2. The van der Waals surface area contributed by atoms with Crippen molar-refractivity contribution in [2.24, 2.45) is 0 Å². The van der Waals surface area contributed by atoms with Crippen LogP contribution in [0.1, 0.15) is 42.9 Å². The summed E-state index contributed by atoms with van der Waals surface area (Å²) < 4.78 is 5.63. The first-order valence-electron chi connectivity index (χ1n) is 6.10.